The Balaban J connectivity index is 2.02. The minimum Gasteiger partial charge on any atom is -0.298 e. The highest BCUT2D eigenvalue weighted by atomic mass is 79.9. The molecule has 1 aromatic carbocycles. The molecule has 0 aromatic heterocycles. The van der Waals surface area contributed by atoms with Crippen LogP contribution in [-0.4, -0.2) is 10.6 Å². The number of hydrogen-bond donors (Lipinski definition) is 0. The second-order valence-electron chi connectivity index (χ2n) is 5.25. The second kappa shape index (κ2) is 5.34. The van der Waals surface area contributed by atoms with Crippen LogP contribution in [0.2, 0.25) is 0 Å². The third-order valence-electron chi connectivity index (χ3n) is 3.32. The van der Waals surface area contributed by atoms with E-state index in [9.17, 15) is 4.79 Å². The molecule has 1 aliphatic rings. The average Bonchev–Trinajstić information content (AvgIpc) is 3.12. The van der Waals surface area contributed by atoms with Gasteiger partial charge in [0.05, 0.1) is 4.83 Å². The number of Topliss-reactive ketones (excluding diaryl/α,β-unsaturated/α-hetero) is 1. The Labute approximate surface area is 112 Å². The zero-order valence-corrected chi connectivity index (χ0v) is 12.0. The van der Waals surface area contributed by atoms with Gasteiger partial charge in [0.25, 0.3) is 0 Å². The van der Waals surface area contributed by atoms with E-state index in [2.05, 4.69) is 54.0 Å². The van der Waals surface area contributed by atoms with Gasteiger partial charge in [0.15, 0.2) is 0 Å². The highest BCUT2D eigenvalue weighted by molar-refractivity contribution is 9.10. The molecule has 1 unspecified atom stereocenters. The van der Waals surface area contributed by atoms with Gasteiger partial charge in [-0.1, -0.05) is 54.0 Å². The predicted octanol–water partition coefficient (Wildman–Crippen LogP) is 4.10. The van der Waals surface area contributed by atoms with Crippen molar-refractivity contribution in [3.05, 3.63) is 35.4 Å². The largest absolute Gasteiger partial charge is 0.298 e. The van der Waals surface area contributed by atoms with Crippen LogP contribution in [0.4, 0.5) is 0 Å². The molecule has 1 fully saturated rings. The molecule has 0 amide bonds. The Kier molecular flexibility index (Phi) is 4.03. The molecule has 0 radical (unpaired) electrons. The van der Waals surface area contributed by atoms with Gasteiger partial charge in [0, 0.05) is 5.92 Å². The van der Waals surface area contributed by atoms with E-state index in [4.69, 9.17) is 0 Å². The molecule has 1 saturated carbocycles. The number of carbonyl (C=O) groups excluding carboxylic acids is 1. The molecule has 1 atom stereocenters. The van der Waals surface area contributed by atoms with E-state index in [1.165, 1.54) is 11.1 Å². The molecule has 0 spiro atoms. The number of halogens is 1. The summed E-state index contributed by atoms with van der Waals surface area (Å²) in [7, 11) is 0. The highest BCUT2D eigenvalue weighted by Gasteiger charge is 2.33. The maximum absolute atomic E-state index is 11.9. The maximum atomic E-state index is 11.9. The first-order chi connectivity index (χ1) is 8.08. The van der Waals surface area contributed by atoms with Gasteiger partial charge in [-0.25, -0.2) is 0 Å². The lowest BCUT2D eigenvalue weighted by atomic mass is 9.98. The van der Waals surface area contributed by atoms with E-state index >= 15 is 0 Å². The zero-order valence-electron chi connectivity index (χ0n) is 10.4. The molecular formula is C15H19BrO. The van der Waals surface area contributed by atoms with Gasteiger partial charge >= 0.3 is 0 Å². The first-order valence-corrected chi connectivity index (χ1v) is 7.26. The van der Waals surface area contributed by atoms with Crippen molar-refractivity contribution in [2.75, 3.05) is 0 Å². The van der Waals surface area contributed by atoms with Crippen molar-refractivity contribution in [3.8, 4) is 0 Å². The lowest BCUT2D eigenvalue weighted by molar-refractivity contribution is -0.119. The monoisotopic (exact) mass is 294 g/mol. The summed E-state index contributed by atoms with van der Waals surface area (Å²) in [5.41, 5.74) is 2.60. The van der Waals surface area contributed by atoms with Gasteiger partial charge in [-0.3, -0.25) is 4.79 Å². The Bertz CT molecular complexity index is 407. The topological polar surface area (TPSA) is 17.1 Å². The van der Waals surface area contributed by atoms with Gasteiger partial charge in [-0.05, 0) is 36.3 Å². The molecule has 1 nitrogen and oxygen atoms in total. The first-order valence-electron chi connectivity index (χ1n) is 6.34. The number of benzene rings is 1. The van der Waals surface area contributed by atoms with Crippen LogP contribution in [0, 0.1) is 5.92 Å². The van der Waals surface area contributed by atoms with Crippen LogP contribution in [0.25, 0.3) is 0 Å². The Morgan fingerprint density at radius 1 is 1.41 bits per heavy atom. The summed E-state index contributed by atoms with van der Waals surface area (Å²) >= 11 is 3.53. The molecule has 0 heterocycles. The van der Waals surface area contributed by atoms with Gasteiger partial charge in [0.1, 0.15) is 5.78 Å². The van der Waals surface area contributed by atoms with E-state index in [1.54, 1.807) is 0 Å². The van der Waals surface area contributed by atoms with E-state index in [1.807, 2.05) is 0 Å². The molecule has 0 saturated heterocycles. The average molecular weight is 295 g/mol. The summed E-state index contributed by atoms with van der Waals surface area (Å²) in [5.74, 6) is 1.27. The van der Waals surface area contributed by atoms with Gasteiger partial charge < -0.3 is 0 Å². The zero-order chi connectivity index (χ0) is 12.4. The van der Waals surface area contributed by atoms with E-state index in [-0.39, 0.29) is 4.83 Å². The molecule has 92 valence electrons. The summed E-state index contributed by atoms with van der Waals surface area (Å²) < 4.78 is 0. The fourth-order valence-electron chi connectivity index (χ4n) is 2.01. The summed E-state index contributed by atoms with van der Waals surface area (Å²) in [4.78, 5) is 11.9. The number of ketones is 1. The summed E-state index contributed by atoms with van der Waals surface area (Å²) in [6, 6.07) is 8.57. The van der Waals surface area contributed by atoms with Gasteiger partial charge in [0.2, 0.25) is 0 Å². The quantitative estimate of drug-likeness (QED) is 0.748. The molecule has 0 bridgehead atoms. The number of rotatable bonds is 5. The van der Waals surface area contributed by atoms with Crippen molar-refractivity contribution in [3.63, 3.8) is 0 Å². The number of hydrogen-bond acceptors (Lipinski definition) is 1. The molecule has 2 heteroatoms. The van der Waals surface area contributed by atoms with Crippen LogP contribution in [0.5, 0.6) is 0 Å². The fourth-order valence-corrected chi connectivity index (χ4v) is 2.76. The van der Waals surface area contributed by atoms with Gasteiger partial charge in [-0.15, -0.1) is 0 Å². The molecule has 0 aliphatic heterocycles. The van der Waals surface area contributed by atoms with Crippen molar-refractivity contribution >= 4 is 21.7 Å². The third kappa shape index (κ3) is 3.41. The lowest BCUT2D eigenvalue weighted by Gasteiger charge is -2.11. The lowest BCUT2D eigenvalue weighted by Crippen LogP contribution is -2.18. The van der Waals surface area contributed by atoms with Crippen molar-refractivity contribution in [1.82, 2.24) is 0 Å². The standard InChI is InChI=1S/C15H19BrO/c1-10(2)13-5-3-4-11(8-13)9-14(16)15(17)12-6-7-12/h3-5,8,10,12,14H,6-7,9H2,1-2H3. The Morgan fingerprint density at radius 3 is 2.71 bits per heavy atom. The summed E-state index contributed by atoms with van der Waals surface area (Å²) in [6.07, 6.45) is 3.00. The molecular weight excluding hydrogens is 276 g/mol. The van der Waals surface area contributed by atoms with Crippen molar-refractivity contribution in [2.45, 2.75) is 43.9 Å². The molecule has 2 rings (SSSR count). The Morgan fingerprint density at radius 2 is 2.12 bits per heavy atom. The smallest absolute Gasteiger partial charge is 0.149 e. The number of carbonyl (C=O) groups is 1. The normalized spacial score (nSPS) is 17.2. The molecule has 1 aromatic rings. The summed E-state index contributed by atoms with van der Waals surface area (Å²) in [5, 5.41) is 0. The van der Waals surface area contributed by atoms with Crippen molar-refractivity contribution in [2.24, 2.45) is 5.92 Å². The first kappa shape index (κ1) is 12.8. The fraction of sp³-hybridized carbons (Fsp3) is 0.533. The molecule has 0 N–H and O–H groups in total. The van der Waals surface area contributed by atoms with Crippen molar-refractivity contribution < 1.29 is 4.79 Å². The molecule has 17 heavy (non-hydrogen) atoms. The van der Waals surface area contributed by atoms with Crippen molar-refractivity contribution in [1.29, 1.82) is 0 Å². The molecule has 1 aliphatic carbocycles. The third-order valence-corrected chi connectivity index (χ3v) is 4.10. The van der Waals surface area contributed by atoms with Crippen LogP contribution >= 0.6 is 15.9 Å². The van der Waals surface area contributed by atoms with Gasteiger partial charge in [-0.2, -0.15) is 0 Å². The predicted molar refractivity (Wildman–Crippen MR) is 74.7 cm³/mol. The van der Waals surface area contributed by atoms with Crippen LogP contribution in [0.3, 0.4) is 0 Å². The van der Waals surface area contributed by atoms with Crippen LogP contribution in [0.1, 0.15) is 43.7 Å². The maximum Gasteiger partial charge on any atom is 0.149 e. The highest BCUT2D eigenvalue weighted by Crippen LogP contribution is 2.33. The second-order valence-corrected chi connectivity index (χ2v) is 6.35. The number of alkyl halides is 1. The van der Waals surface area contributed by atoms with E-state index < -0.39 is 0 Å². The van der Waals surface area contributed by atoms with E-state index in [0.29, 0.717) is 17.6 Å². The van der Waals surface area contributed by atoms with E-state index in [0.717, 1.165) is 19.3 Å². The minimum absolute atomic E-state index is 0.00240. The Hall–Kier alpha value is -0.630. The SMILES string of the molecule is CC(C)c1cccc(CC(Br)C(=O)C2CC2)c1. The van der Waals surface area contributed by atoms with Crippen LogP contribution < -0.4 is 0 Å². The van der Waals surface area contributed by atoms with Crippen LogP contribution in [-0.2, 0) is 11.2 Å². The van der Waals surface area contributed by atoms with Crippen LogP contribution in [0.15, 0.2) is 24.3 Å². The summed E-state index contributed by atoms with van der Waals surface area (Å²) in [6.45, 7) is 4.39. The minimum atomic E-state index is -0.00240.